The molecule has 2 rings (SSSR count). The molecule has 0 aliphatic carbocycles. The molecule has 0 heterocycles. The maximum absolute atomic E-state index is 11.6. The molecule has 0 spiro atoms. The number of hydrogen-bond acceptors (Lipinski definition) is 3. The van der Waals surface area contributed by atoms with Crippen molar-refractivity contribution in [2.75, 3.05) is 6.61 Å². The van der Waals surface area contributed by atoms with Crippen molar-refractivity contribution in [3.8, 4) is 6.07 Å². The van der Waals surface area contributed by atoms with Crippen LogP contribution < -0.4 is 0 Å². The second kappa shape index (κ2) is 7.44. The van der Waals surface area contributed by atoms with Crippen LogP contribution in [0.5, 0.6) is 0 Å². The fourth-order valence-corrected chi connectivity index (χ4v) is 2.03. The Morgan fingerprint density at radius 2 is 1.73 bits per heavy atom. The van der Waals surface area contributed by atoms with Crippen molar-refractivity contribution in [2.24, 2.45) is 0 Å². The molecule has 0 N–H and O–H groups in total. The van der Waals surface area contributed by atoms with E-state index in [0.29, 0.717) is 22.8 Å². The molecule has 0 unspecified atom stereocenters. The van der Waals surface area contributed by atoms with E-state index in [1.54, 1.807) is 49.4 Å². The van der Waals surface area contributed by atoms with Crippen molar-refractivity contribution in [3.05, 3.63) is 70.2 Å². The summed E-state index contributed by atoms with van der Waals surface area (Å²) in [6.45, 7) is 2.09. The minimum absolute atomic E-state index is 0.334. The van der Waals surface area contributed by atoms with Gasteiger partial charge in [-0.05, 0) is 48.4 Å². The summed E-state index contributed by atoms with van der Waals surface area (Å²) in [4.78, 5) is 11.6. The molecule has 0 saturated carbocycles. The second-order valence-corrected chi connectivity index (χ2v) is 4.96. The third-order valence-electron chi connectivity index (χ3n) is 3.01. The number of carbonyl (C=O) groups is 1. The Hall–Kier alpha value is -2.57. The van der Waals surface area contributed by atoms with Crippen LogP contribution in [0.25, 0.3) is 11.6 Å². The van der Waals surface area contributed by atoms with E-state index >= 15 is 0 Å². The van der Waals surface area contributed by atoms with E-state index in [9.17, 15) is 10.1 Å². The van der Waals surface area contributed by atoms with E-state index in [1.807, 2.05) is 12.1 Å². The SMILES string of the molecule is CCOC(=O)c1ccc(/C(C#N)=C/c2ccc(Cl)cc2)cc1. The molecule has 0 aliphatic heterocycles. The normalized spacial score (nSPS) is 10.9. The molecule has 2 aromatic carbocycles. The average molecular weight is 312 g/mol. The lowest BCUT2D eigenvalue weighted by Gasteiger charge is -2.04. The van der Waals surface area contributed by atoms with Crippen molar-refractivity contribution in [1.29, 1.82) is 5.26 Å². The standard InChI is InChI=1S/C18H14ClNO2/c1-2-22-18(21)15-7-5-14(6-8-15)16(12-20)11-13-3-9-17(19)10-4-13/h3-11H,2H2,1H3/b16-11+. The number of allylic oxidation sites excluding steroid dienone is 1. The van der Waals surface area contributed by atoms with Crippen LogP contribution in [0, 0.1) is 11.3 Å². The monoisotopic (exact) mass is 311 g/mol. The first kappa shape index (κ1) is 15.8. The predicted molar refractivity (Wildman–Crippen MR) is 87.3 cm³/mol. The first-order valence-corrected chi connectivity index (χ1v) is 7.16. The third kappa shape index (κ3) is 3.97. The highest BCUT2D eigenvalue weighted by molar-refractivity contribution is 6.30. The molecular formula is C18H14ClNO2. The summed E-state index contributed by atoms with van der Waals surface area (Å²) in [5, 5.41) is 9.97. The predicted octanol–water partition coefficient (Wildman–Crippen LogP) is 4.58. The molecule has 4 heteroatoms. The van der Waals surface area contributed by atoms with Crippen molar-refractivity contribution in [3.63, 3.8) is 0 Å². The number of benzene rings is 2. The molecule has 0 fully saturated rings. The van der Waals surface area contributed by atoms with Crippen LogP contribution >= 0.6 is 11.6 Å². The van der Waals surface area contributed by atoms with Crippen LogP contribution in [-0.4, -0.2) is 12.6 Å². The quantitative estimate of drug-likeness (QED) is 0.472. The maximum atomic E-state index is 11.6. The highest BCUT2D eigenvalue weighted by Crippen LogP contribution is 2.20. The Labute approximate surface area is 134 Å². The van der Waals surface area contributed by atoms with Gasteiger partial charge in [-0.25, -0.2) is 4.79 Å². The van der Waals surface area contributed by atoms with E-state index < -0.39 is 0 Å². The summed E-state index contributed by atoms with van der Waals surface area (Å²) in [6.07, 6.45) is 1.77. The van der Waals surface area contributed by atoms with E-state index in [-0.39, 0.29) is 5.97 Å². The van der Waals surface area contributed by atoms with Crippen LogP contribution in [0.1, 0.15) is 28.4 Å². The zero-order valence-electron chi connectivity index (χ0n) is 12.0. The molecule has 0 radical (unpaired) electrons. The highest BCUT2D eigenvalue weighted by atomic mass is 35.5. The van der Waals surface area contributed by atoms with Crippen LogP contribution in [-0.2, 0) is 4.74 Å². The summed E-state index contributed by atoms with van der Waals surface area (Å²) >= 11 is 5.84. The van der Waals surface area contributed by atoms with Crippen molar-refractivity contribution < 1.29 is 9.53 Å². The zero-order valence-corrected chi connectivity index (χ0v) is 12.8. The highest BCUT2D eigenvalue weighted by Gasteiger charge is 2.07. The molecule has 22 heavy (non-hydrogen) atoms. The van der Waals surface area contributed by atoms with Gasteiger partial charge in [-0.2, -0.15) is 5.26 Å². The molecule has 0 aliphatic rings. The number of hydrogen-bond donors (Lipinski definition) is 0. The topological polar surface area (TPSA) is 50.1 Å². The molecule has 110 valence electrons. The van der Waals surface area contributed by atoms with Crippen LogP contribution in [0.2, 0.25) is 5.02 Å². The van der Waals surface area contributed by atoms with Crippen molar-refractivity contribution in [1.82, 2.24) is 0 Å². The number of nitrogens with zero attached hydrogens (tertiary/aromatic N) is 1. The minimum atomic E-state index is -0.366. The first-order valence-electron chi connectivity index (χ1n) is 6.79. The Balaban J connectivity index is 2.26. The van der Waals surface area contributed by atoms with Crippen LogP contribution in [0.15, 0.2) is 48.5 Å². The summed E-state index contributed by atoms with van der Waals surface area (Å²) in [7, 11) is 0. The van der Waals surface area contributed by atoms with Crippen molar-refractivity contribution in [2.45, 2.75) is 6.92 Å². The Kier molecular flexibility index (Phi) is 5.35. The summed E-state index contributed by atoms with van der Waals surface area (Å²) in [5.74, 6) is -0.366. The van der Waals surface area contributed by atoms with Gasteiger partial charge in [0.25, 0.3) is 0 Å². The van der Waals surface area contributed by atoms with E-state index in [0.717, 1.165) is 11.1 Å². The van der Waals surface area contributed by atoms with Gasteiger partial charge in [0.1, 0.15) is 0 Å². The van der Waals surface area contributed by atoms with Gasteiger partial charge in [-0.15, -0.1) is 0 Å². The maximum Gasteiger partial charge on any atom is 0.338 e. The van der Waals surface area contributed by atoms with Gasteiger partial charge in [0.05, 0.1) is 23.8 Å². The molecule has 0 atom stereocenters. The average Bonchev–Trinajstić information content (AvgIpc) is 2.55. The Morgan fingerprint density at radius 1 is 1.14 bits per heavy atom. The number of carbonyl (C=O) groups excluding carboxylic acids is 1. The summed E-state index contributed by atoms with van der Waals surface area (Å²) in [5.41, 5.74) is 2.60. The number of rotatable bonds is 4. The van der Waals surface area contributed by atoms with Gasteiger partial charge in [-0.3, -0.25) is 0 Å². The van der Waals surface area contributed by atoms with Crippen LogP contribution in [0.4, 0.5) is 0 Å². The summed E-state index contributed by atoms with van der Waals surface area (Å²) in [6, 6.07) is 16.2. The fraction of sp³-hybridized carbons (Fsp3) is 0.111. The van der Waals surface area contributed by atoms with Gasteiger partial charge in [0, 0.05) is 5.02 Å². The number of esters is 1. The second-order valence-electron chi connectivity index (χ2n) is 4.52. The van der Waals surface area contributed by atoms with E-state index in [4.69, 9.17) is 16.3 Å². The van der Waals surface area contributed by atoms with Crippen molar-refractivity contribution >= 4 is 29.2 Å². The number of nitriles is 1. The zero-order chi connectivity index (χ0) is 15.9. The molecule has 2 aromatic rings. The number of ether oxygens (including phenoxy) is 1. The van der Waals surface area contributed by atoms with Gasteiger partial charge in [-0.1, -0.05) is 35.9 Å². The minimum Gasteiger partial charge on any atom is -0.462 e. The molecular weight excluding hydrogens is 298 g/mol. The molecule has 3 nitrogen and oxygen atoms in total. The Bertz CT molecular complexity index is 725. The summed E-state index contributed by atoms with van der Waals surface area (Å²) < 4.78 is 4.93. The molecule has 0 bridgehead atoms. The smallest absolute Gasteiger partial charge is 0.338 e. The lowest BCUT2D eigenvalue weighted by Crippen LogP contribution is -2.04. The van der Waals surface area contributed by atoms with Crippen LogP contribution in [0.3, 0.4) is 0 Å². The van der Waals surface area contributed by atoms with Gasteiger partial charge >= 0.3 is 5.97 Å². The molecule has 0 aromatic heterocycles. The molecule has 0 saturated heterocycles. The molecule has 0 amide bonds. The Morgan fingerprint density at radius 3 is 2.27 bits per heavy atom. The third-order valence-corrected chi connectivity index (χ3v) is 3.26. The van der Waals surface area contributed by atoms with E-state index in [1.165, 1.54) is 0 Å². The van der Waals surface area contributed by atoms with Gasteiger partial charge < -0.3 is 4.74 Å². The fourth-order valence-electron chi connectivity index (χ4n) is 1.91. The van der Waals surface area contributed by atoms with Gasteiger partial charge in [0.15, 0.2) is 0 Å². The number of halogens is 1. The largest absolute Gasteiger partial charge is 0.462 e. The first-order chi connectivity index (χ1) is 10.6. The lowest BCUT2D eigenvalue weighted by molar-refractivity contribution is 0.0526. The van der Waals surface area contributed by atoms with E-state index in [2.05, 4.69) is 6.07 Å². The lowest BCUT2D eigenvalue weighted by atomic mass is 10.0. The van der Waals surface area contributed by atoms with Gasteiger partial charge in [0.2, 0.25) is 0 Å².